The van der Waals surface area contributed by atoms with Crippen LogP contribution in [0.3, 0.4) is 0 Å². The second kappa shape index (κ2) is 7.91. The van der Waals surface area contributed by atoms with Gasteiger partial charge in [-0.3, -0.25) is 15.1 Å². The number of fused-ring (bicyclic) bond motifs is 2. The number of H-pyrrole nitrogens is 2. The number of thiophene rings is 1. The van der Waals surface area contributed by atoms with Gasteiger partial charge >= 0.3 is 0 Å². The molecule has 0 radical (unpaired) electrons. The smallest absolute Gasteiger partial charge is 0.181 e. The van der Waals surface area contributed by atoms with Crippen LogP contribution in [0.2, 0.25) is 0 Å². The Labute approximate surface area is 194 Å². The lowest BCUT2D eigenvalue weighted by Gasteiger charge is -2.10. The van der Waals surface area contributed by atoms with E-state index in [4.69, 9.17) is 0 Å². The molecule has 8 heteroatoms. The third-order valence-corrected chi connectivity index (χ3v) is 6.49. The van der Waals surface area contributed by atoms with Gasteiger partial charge in [-0.15, -0.1) is 11.3 Å². The van der Waals surface area contributed by atoms with Gasteiger partial charge in [-0.2, -0.15) is 5.10 Å². The van der Waals surface area contributed by atoms with E-state index < -0.39 is 0 Å². The molecule has 6 heterocycles. The van der Waals surface area contributed by atoms with Crippen LogP contribution < -0.4 is 0 Å². The molecule has 0 aliphatic rings. The number of aromatic nitrogens is 6. The zero-order chi connectivity index (χ0) is 22.4. The van der Waals surface area contributed by atoms with E-state index in [0.29, 0.717) is 5.65 Å². The van der Waals surface area contributed by atoms with Crippen molar-refractivity contribution in [1.82, 2.24) is 35.0 Å². The van der Waals surface area contributed by atoms with E-state index in [1.165, 1.54) is 0 Å². The summed E-state index contributed by atoms with van der Waals surface area (Å²) < 4.78 is 0. The minimum absolute atomic E-state index is 0.682. The molecule has 33 heavy (non-hydrogen) atoms. The van der Waals surface area contributed by atoms with Crippen molar-refractivity contribution in [3.63, 3.8) is 0 Å². The molecule has 0 bridgehead atoms. The predicted octanol–water partition coefficient (Wildman–Crippen LogP) is 5.35. The third kappa shape index (κ3) is 3.59. The Bertz CT molecular complexity index is 1580. The van der Waals surface area contributed by atoms with Gasteiger partial charge in [0.25, 0.3) is 0 Å². The van der Waals surface area contributed by atoms with E-state index in [9.17, 15) is 0 Å². The predicted molar refractivity (Wildman–Crippen MR) is 133 cm³/mol. The molecule has 0 unspecified atom stereocenters. The molecular formula is C25H21N7S. The van der Waals surface area contributed by atoms with Gasteiger partial charge in [-0.05, 0) is 55.4 Å². The monoisotopic (exact) mass is 451 g/mol. The molecule has 0 atom stereocenters. The van der Waals surface area contributed by atoms with Crippen LogP contribution in [0.25, 0.3) is 55.0 Å². The average Bonchev–Trinajstić information content (AvgIpc) is 3.57. The van der Waals surface area contributed by atoms with Gasteiger partial charge in [-0.1, -0.05) is 6.07 Å². The summed E-state index contributed by atoms with van der Waals surface area (Å²) in [5, 5.41) is 11.7. The minimum atomic E-state index is 0.682. The quantitative estimate of drug-likeness (QED) is 0.369. The van der Waals surface area contributed by atoms with E-state index in [0.717, 1.165) is 61.5 Å². The molecule has 6 aromatic rings. The van der Waals surface area contributed by atoms with Crippen molar-refractivity contribution in [2.24, 2.45) is 0 Å². The fourth-order valence-corrected chi connectivity index (χ4v) is 4.89. The molecule has 0 aromatic carbocycles. The van der Waals surface area contributed by atoms with Crippen molar-refractivity contribution >= 4 is 33.3 Å². The van der Waals surface area contributed by atoms with E-state index in [2.05, 4.69) is 78.8 Å². The Morgan fingerprint density at radius 1 is 0.970 bits per heavy atom. The lowest BCUT2D eigenvalue weighted by atomic mass is 10.1. The van der Waals surface area contributed by atoms with Crippen LogP contribution in [-0.4, -0.2) is 49.1 Å². The van der Waals surface area contributed by atoms with Gasteiger partial charge < -0.3 is 9.88 Å². The van der Waals surface area contributed by atoms with Crippen LogP contribution in [0.4, 0.5) is 0 Å². The van der Waals surface area contributed by atoms with Crippen molar-refractivity contribution in [3.05, 3.63) is 72.1 Å². The highest BCUT2D eigenvalue weighted by Crippen LogP contribution is 2.35. The van der Waals surface area contributed by atoms with Gasteiger partial charge in [0.2, 0.25) is 0 Å². The van der Waals surface area contributed by atoms with E-state index in [1.807, 2.05) is 36.9 Å². The Hall–Kier alpha value is -3.88. The number of nitrogens with zero attached hydrogens (tertiary/aromatic N) is 5. The minimum Gasteiger partial charge on any atom is -0.353 e. The maximum absolute atomic E-state index is 4.63. The number of nitrogens with one attached hydrogen (secondary N) is 2. The second-order valence-electron chi connectivity index (χ2n) is 8.29. The first kappa shape index (κ1) is 19.8. The van der Waals surface area contributed by atoms with Crippen LogP contribution in [0, 0.1) is 0 Å². The SMILES string of the molecule is CN(C)Cc1cncc(-c2cnc3n[nH]c(-c4cc5c(-c6cccs6)nccc5[nH]4)c3c2)c1. The van der Waals surface area contributed by atoms with Crippen molar-refractivity contribution < 1.29 is 0 Å². The summed E-state index contributed by atoms with van der Waals surface area (Å²) in [6.07, 6.45) is 7.48. The van der Waals surface area contributed by atoms with Crippen LogP contribution in [0.15, 0.2) is 66.6 Å². The van der Waals surface area contributed by atoms with Crippen LogP contribution in [-0.2, 0) is 6.54 Å². The highest BCUT2D eigenvalue weighted by atomic mass is 32.1. The summed E-state index contributed by atoms with van der Waals surface area (Å²) in [6, 6.07) is 12.6. The molecule has 0 saturated carbocycles. The Balaban J connectivity index is 1.45. The first-order valence-corrected chi connectivity index (χ1v) is 11.5. The summed E-state index contributed by atoms with van der Waals surface area (Å²) in [7, 11) is 4.11. The molecule has 0 amide bonds. The lowest BCUT2D eigenvalue weighted by Crippen LogP contribution is -2.10. The van der Waals surface area contributed by atoms with Gasteiger partial charge in [0.15, 0.2) is 5.65 Å². The zero-order valence-electron chi connectivity index (χ0n) is 18.2. The van der Waals surface area contributed by atoms with Crippen LogP contribution in [0.1, 0.15) is 5.56 Å². The molecule has 2 N–H and O–H groups in total. The second-order valence-corrected chi connectivity index (χ2v) is 9.24. The number of hydrogen-bond acceptors (Lipinski definition) is 6. The summed E-state index contributed by atoms with van der Waals surface area (Å²) in [5.41, 5.74) is 7.77. The normalized spacial score (nSPS) is 11.7. The molecular weight excluding hydrogens is 430 g/mol. The van der Waals surface area contributed by atoms with Gasteiger partial charge in [0.05, 0.1) is 22.0 Å². The number of aromatic amines is 2. The van der Waals surface area contributed by atoms with Gasteiger partial charge in [0.1, 0.15) is 0 Å². The summed E-state index contributed by atoms with van der Waals surface area (Å²) >= 11 is 1.69. The highest BCUT2D eigenvalue weighted by Gasteiger charge is 2.15. The molecule has 0 spiro atoms. The maximum Gasteiger partial charge on any atom is 0.181 e. The number of rotatable bonds is 5. The molecule has 0 aliphatic heterocycles. The molecule has 0 saturated heterocycles. The average molecular weight is 452 g/mol. The summed E-state index contributed by atoms with van der Waals surface area (Å²) in [4.78, 5) is 20.5. The van der Waals surface area contributed by atoms with E-state index >= 15 is 0 Å². The summed E-state index contributed by atoms with van der Waals surface area (Å²) in [5.74, 6) is 0. The highest BCUT2D eigenvalue weighted by molar-refractivity contribution is 7.13. The van der Waals surface area contributed by atoms with Crippen molar-refractivity contribution in [3.8, 4) is 33.1 Å². The zero-order valence-corrected chi connectivity index (χ0v) is 19.0. The standard InChI is InChI=1S/C25H21N7S/c1-32(2)14-15-8-16(12-26-11-15)17-9-19-23(30-31-25(19)28-13-17)21-10-18-20(29-21)5-6-27-24(18)22-4-3-7-33-22/h3-13,29H,14H2,1-2H3,(H,28,30,31). The molecule has 6 rings (SSSR count). The Kier molecular flexibility index (Phi) is 4.74. The Morgan fingerprint density at radius 2 is 1.88 bits per heavy atom. The fourth-order valence-electron chi connectivity index (χ4n) is 4.16. The van der Waals surface area contributed by atoms with Crippen LogP contribution in [0.5, 0.6) is 0 Å². The lowest BCUT2D eigenvalue weighted by molar-refractivity contribution is 0.402. The third-order valence-electron chi connectivity index (χ3n) is 5.61. The molecule has 0 aliphatic carbocycles. The van der Waals surface area contributed by atoms with Crippen molar-refractivity contribution in [1.29, 1.82) is 0 Å². The molecule has 6 aromatic heterocycles. The van der Waals surface area contributed by atoms with Gasteiger partial charge in [0, 0.05) is 58.7 Å². The first-order chi connectivity index (χ1) is 16.2. The van der Waals surface area contributed by atoms with Gasteiger partial charge in [-0.25, -0.2) is 4.98 Å². The van der Waals surface area contributed by atoms with E-state index in [1.54, 1.807) is 11.3 Å². The number of pyridine rings is 3. The molecule has 162 valence electrons. The fraction of sp³-hybridized carbons (Fsp3) is 0.120. The number of hydrogen-bond donors (Lipinski definition) is 2. The Morgan fingerprint density at radius 3 is 2.73 bits per heavy atom. The largest absolute Gasteiger partial charge is 0.353 e. The molecule has 0 fully saturated rings. The van der Waals surface area contributed by atoms with E-state index in [-0.39, 0.29) is 0 Å². The van der Waals surface area contributed by atoms with Crippen LogP contribution >= 0.6 is 11.3 Å². The maximum atomic E-state index is 4.63. The van der Waals surface area contributed by atoms with Crippen molar-refractivity contribution in [2.45, 2.75) is 6.54 Å². The topological polar surface area (TPSA) is 86.4 Å². The molecule has 7 nitrogen and oxygen atoms in total. The first-order valence-electron chi connectivity index (χ1n) is 10.6. The summed E-state index contributed by atoms with van der Waals surface area (Å²) in [6.45, 7) is 0.836. The van der Waals surface area contributed by atoms with Crippen molar-refractivity contribution in [2.75, 3.05) is 14.1 Å².